The lowest BCUT2D eigenvalue weighted by Crippen LogP contribution is -2.05. The van der Waals surface area contributed by atoms with Crippen molar-refractivity contribution in [3.05, 3.63) is 64.2 Å². The van der Waals surface area contributed by atoms with Gasteiger partial charge in [-0.1, -0.05) is 41.9 Å². The summed E-state index contributed by atoms with van der Waals surface area (Å²) in [5, 5.41) is 4.39. The molecule has 1 atom stereocenters. The van der Waals surface area contributed by atoms with Gasteiger partial charge in [-0.25, -0.2) is 0 Å². The topological polar surface area (TPSA) is 12.0 Å². The monoisotopic (exact) mass is 243 g/mol. The number of hydrogen-bond acceptors (Lipinski definition) is 1. The van der Waals surface area contributed by atoms with Crippen molar-refractivity contribution < 1.29 is 0 Å². The van der Waals surface area contributed by atoms with Crippen LogP contribution in [0.15, 0.2) is 42.5 Å². The van der Waals surface area contributed by atoms with E-state index in [0.29, 0.717) is 6.04 Å². The Kier molecular flexibility index (Phi) is 2.56. The molecule has 1 aliphatic rings. The highest BCUT2D eigenvalue weighted by molar-refractivity contribution is 6.31. The molecule has 86 valence electrons. The number of rotatable bonds is 1. The number of anilines is 1. The first kappa shape index (κ1) is 10.7. The molecule has 1 nitrogen and oxygen atoms in total. The first-order valence-corrected chi connectivity index (χ1v) is 6.22. The lowest BCUT2D eigenvalue weighted by atomic mass is 10.0. The molecular formula is C15H14ClN. The Labute approximate surface area is 106 Å². The summed E-state index contributed by atoms with van der Waals surface area (Å²) in [7, 11) is 0. The Morgan fingerprint density at radius 3 is 2.82 bits per heavy atom. The zero-order chi connectivity index (χ0) is 11.8. The Hall–Kier alpha value is -1.47. The standard InChI is InChI=1S/C15H14ClN/c1-10-6-7-11-9-15(17-14(11)8-10)12-4-2-3-5-13(12)16/h2-8,15,17H,9H2,1H3. The third kappa shape index (κ3) is 1.91. The number of fused-ring (bicyclic) bond motifs is 1. The normalized spacial score (nSPS) is 17.6. The summed E-state index contributed by atoms with van der Waals surface area (Å²) in [5.41, 5.74) is 5.09. The van der Waals surface area contributed by atoms with Gasteiger partial charge in [0.1, 0.15) is 0 Å². The van der Waals surface area contributed by atoms with E-state index in [2.05, 4.69) is 36.5 Å². The molecule has 0 radical (unpaired) electrons. The Bertz CT molecular complexity index is 563. The lowest BCUT2D eigenvalue weighted by molar-refractivity contribution is 0.824. The number of hydrogen-bond donors (Lipinski definition) is 1. The molecule has 0 bridgehead atoms. The van der Waals surface area contributed by atoms with E-state index in [1.54, 1.807) is 0 Å². The summed E-state index contributed by atoms with van der Waals surface area (Å²) in [6.07, 6.45) is 1.01. The number of aryl methyl sites for hydroxylation is 1. The number of halogens is 1. The third-order valence-electron chi connectivity index (χ3n) is 3.30. The molecule has 2 aromatic carbocycles. The van der Waals surface area contributed by atoms with Crippen LogP contribution in [0.2, 0.25) is 5.02 Å². The van der Waals surface area contributed by atoms with Crippen LogP contribution in [0, 0.1) is 6.92 Å². The van der Waals surface area contributed by atoms with Gasteiger partial charge in [0.25, 0.3) is 0 Å². The van der Waals surface area contributed by atoms with E-state index in [0.717, 1.165) is 11.4 Å². The quantitative estimate of drug-likeness (QED) is 0.785. The molecule has 0 saturated carbocycles. The molecular weight excluding hydrogens is 230 g/mol. The SMILES string of the molecule is Cc1ccc2c(c1)NC(c1ccccc1Cl)C2. The fraction of sp³-hybridized carbons (Fsp3) is 0.200. The fourth-order valence-electron chi connectivity index (χ4n) is 2.41. The van der Waals surface area contributed by atoms with Crippen LogP contribution in [-0.4, -0.2) is 0 Å². The van der Waals surface area contributed by atoms with E-state index < -0.39 is 0 Å². The molecule has 0 aliphatic carbocycles. The molecule has 0 fully saturated rings. The second-order valence-electron chi connectivity index (χ2n) is 4.58. The van der Waals surface area contributed by atoms with E-state index in [4.69, 9.17) is 11.6 Å². The third-order valence-corrected chi connectivity index (χ3v) is 3.64. The van der Waals surface area contributed by atoms with Crippen LogP contribution in [0.1, 0.15) is 22.7 Å². The van der Waals surface area contributed by atoms with Crippen LogP contribution < -0.4 is 5.32 Å². The van der Waals surface area contributed by atoms with Crippen LogP contribution in [0.5, 0.6) is 0 Å². The van der Waals surface area contributed by atoms with Crippen LogP contribution in [-0.2, 0) is 6.42 Å². The summed E-state index contributed by atoms with van der Waals surface area (Å²) < 4.78 is 0. The van der Waals surface area contributed by atoms with E-state index in [-0.39, 0.29) is 0 Å². The van der Waals surface area contributed by atoms with Gasteiger partial charge in [-0.05, 0) is 42.2 Å². The van der Waals surface area contributed by atoms with Gasteiger partial charge < -0.3 is 5.32 Å². The molecule has 0 spiro atoms. The lowest BCUT2D eigenvalue weighted by Gasteiger charge is -2.13. The van der Waals surface area contributed by atoms with Crippen LogP contribution in [0.25, 0.3) is 0 Å². The van der Waals surface area contributed by atoms with Crippen molar-refractivity contribution in [1.29, 1.82) is 0 Å². The van der Waals surface area contributed by atoms with Gasteiger partial charge in [0.15, 0.2) is 0 Å². The highest BCUT2D eigenvalue weighted by Crippen LogP contribution is 2.36. The Balaban J connectivity index is 1.94. The Morgan fingerprint density at radius 2 is 2.00 bits per heavy atom. The second kappa shape index (κ2) is 4.08. The van der Waals surface area contributed by atoms with Gasteiger partial charge in [0.2, 0.25) is 0 Å². The first-order valence-electron chi connectivity index (χ1n) is 5.84. The molecule has 0 saturated heterocycles. The maximum atomic E-state index is 6.24. The molecule has 0 amide bonds. The largest absolute Gasteiger partial charge is 0.378 e. The average Bonchev–Trinajstić information content (AvgIpc) is 2.72. The van der Waals surface area contributed by atoms with Crippen LogP contribution in [0.3, 0.4) is 0 Å². The van der Waals surface area contributed by atoms with Gasteiger partial charge in [-0.2, -0.15) is 0 Å². The number of benzene rings is 2. The van der Waals surface area contributed by atoms with Crippen molar-refractivity contribution in [2.45, 2.75) is 19.4 Å². The molecule has 2 heteroatoms. The fourth-order valence-corrected chi connectivity index (χ4v) is 2.67. The predicted molar refractivity (Wildman–Crippen MR) is 72.7 cm³/mol. The van der Waals surface area contributed by atoms with Crippen LogP contribution in [0.4, 0.5) is 5.69 Å². The van der Waals surface area contributed by atoms with Crippen molar-refractivity contribution in [1.82, 2.24) is 0 Å². The van der Waals surface area contributed by atoms with Gasteiger partial charge in [0.05, 0.1) is 6.04 Å². The van der Waals surface area contributed by atoms with E-state index >= 15 is 0 Å². The van der Waals surface area contributed by atoms with Crippen molar-refractivity contribution in [2.24, 2.45) is 0 Å². The minimum absolute atomic E-state index is 0.306. The number of nitrogens with one attached hydrogen (secondary N) is 1. The molecule has 1 unspecified atom stereocenters. The summed E-state index contributed by atoms with van der Waals surface area (Å²) in [6, 6.07) is 14.9. The molecule has 1 heterocycles. The van der Waals surface area contributed by atoms with Crippen molar-refractivity contribution in [3.63, 3.8) is 0 Å². The smallest absolute Gasteiger partial charge is 0.0569 e. The van der Waals surface area contributed by atoms with Gasteiger partial charge in [-0.3, -0.25) is 0 Å². The maximum absolute atomic E-state index is 6.24. The maximum Gasteiger partial charge on any atom is 0.0569 e. The molecule has 1 N–H and O–H groups in total. The van der Waals surface area contributed by atoms with E-state index in [9.17, 15) is 0 Å². The Morgan fingerprint density at radius 1 is 1.18 bits per heavy atom. The van der Waals surface area contributed by atoms with Crippen molar-refractivity contribution in [2.75, 3.05) is 5.32 Å². The van der Waals surface area contributed by atoms with Gasteiger partial charge in [0, 0.05) is 10.7 Å². The molecule has 0 aromatic heterocycles. The highest BCUT2D eigenvalue weighted by atomic mass is 35.5. The molecule has 17 heavy (non-hydrogen) atoms. The minimum atomic E-state index is 0.306. The summed E-state index contributed by atoms with van der Waals surface area (Å²) in [6.45, 7) is 2.12. The first-order chi connectivity index (χ1) is 8.24. The molecule has 2 aromatic rings. The zero-order valence-electron chi connectivity index (χ0n) is 9.70. The van der Waals surface area contributed by atoms with Gasteiger partial charge >= 0.3 is 0 Å². The average molecular weight is 244 g/mol. The van der Waals surface area contributed by atoms with Crippen molar-refractivity contribution >= 4 is 17.3 Å². The second-order valence-corrected chi connectivity index (χ2v) is 4.99. The van der Waals surface area contributed by atoms with Gasteiger partial charge in [-0.15, -0.1) is 0 Å². The summed E-state index contributed by atoms with van der Waals surface area (Å²) >= 11 is 6.24. The minimum Gasteiger partial charge on any atom is -0.378 e. The van der Waals surface area contributed by atoms with Crippen LogP contribution >= 0.6 is 11.6 Å². The summed E-state index contributed by atoms with van der Waals surface area (Å²) in [5.74, 6) is 0. The molecule has 1 aliphatic heterocycles. The predicted octanol–water partition coefficient (Wildman–Crippen LogP) is 4.36. The summed E-state index contributed by atoms with van der Waals surface area (Å²) in [4.78, 5) is 0. The van der Waals surface area contributed by atoms with E-state index in [1.807, 2.05) is 18.2 Å². The molecule has 3 rings (SSSR count). The van der Waals surface area contributed by atoms with E-state index in [1.165, 1.54) is 22.4 Å². The highest BCUT2D eigenvalue weighted by Gasteiger charge is 2.23. The van der Waals surface area contributed by atoms with Crippen molar-refractivity contribution in [3.8, 4) is 0 Å². The zero-order valence-corrected chi connectivity index (χ0v) is 10.5.